The summed E-state index contributed by atoms with van der Waals surface area (Å²) in [6, 6.07) is 12.5. The van der Waals surface area contributed by atoms with Gasteiger partial charge in [-0.05, 0) is 56.4 Å². The third kappa shape index (κ3) is 2.85. The maximum atomic E-state index is 9.37. The van der Waals surface area contributed by atoms with Gasteiger partial charge in [0.15, 0.2) is 5.60 Å². The second-order valence-corrected chi connectivity index (χ2v) is 6.73. The molecule has 0 radical (unpaired) electrons. The number of hydrogen-bond donors (Lipinski definition) is 0. The average molecular weight is 321 g/mol. The predicted octanol–water partition coefficient (Wildman–Crippen LogP) is 4.80. The maximum Gasteiger partial charge on any atom is 0.191 e. The van der Waals surface area contributed by atoms with Crippen LogP contribution in [0.15, 0.2) is 30.3 Å². The van der Waals surface area contributed by atoms with Crippen molar-refractivity contribution in [3.05, 3.63) is 58.1 Å². The van der Waals surface area contributed by atoms with Crippen molar-refractivity contribution in [1.82, 2.24) is 0 Å². The van der Waals surface area contributed by atoms with E-state index in [1.807, 2.05) is 32.0 Å². The number of nitrogens with zero attached hydrogens (tertiary/aromatic N) is 1. The summed E-state index contributed by atoms with van der Waals surface area (Å²) in [7, 11) is 0. The van der Waals surface area contributed by atoms with E-state index >= 15 is 0 Å². The minimum atomic E-state index is -0.733. The normalized spacial score (nSPS) is 19.1. The summed E-state index contributed by atoms with van der Waals surface area (Å²) in [5.41, 5.74) is 4.88. The number of hydrogen-bond acceptors (Lipinski definition) is 3. The molecule has 1 atom stereocenters. The molecule has 1 aliphatic rings. The molecule has 0 saturated heterocycles. The Morgan fingerprint density at radius 1 is 1.12 bits per heavy atom. The molecule has 0 saturated carbocycles. The van der Waals surface area contributed by atoms with Gasteiger partial charge in [-0.2, -0.15) is 5.26 Å². The summed E-state index contributed by atoms with van der Waals surface area (Å²) in [5.74, 6) is 1.81. The Morgan fingerprint density at radius 3 is 2.50 bits per heavy atom. The smallest absolute Gasteiger partial charge is 0.191 e. The van der Waals surface area contributed by atoms with Crippen molar-refractivity contribution in [2.45, 2.75) is 52.7 Å². The van der Waals surface area contributed by atoms with Crippen LogP contribution in [-0.4, -0.2) is 5.60 Å². The Morgan fingerprint density at radius 2 is 1.83 bits per heavy atom. The van der Waals surface area contributed by atoms with Crippen LogP contribution in [0.1, 0.15) is 41.2 Å². The van der Waals surface area contributed by atoms with Crippen LogP contribution in [0, 0.1) is 32.1 Å². The Labute approximate surface area is 143 Å². The third-order valence-corrected chi connectivity index (χ3v) is 4.95. The summed E-state index contributed by atoms with van der Waals surface area (Å²) in [4.78, 5) is 0. The fraction of sp³-hybridized carbons (Fsp3) is 0.381. The summed E-state index contributed by atoms with van der Waals surface area (Å²) in [5, 5.41) is 9.37. The largest absolute Gasteiger partial charge is 0.488 e. The monoisotopic (exact) mass is 321 g/mol. The van der Waals surface area contributed by atoms with Crippen LogP contribution >= 0.6 is 0 Å². The molecule has 2 aromatic carbocycles. The molecule has 0 unspecified atom stereocenters. The average Bonchev–Trinajstić information content (AvgIpc) is 2.60. The number of benzene rings is 2. The standard InChI is InChI=1S/C21H23NO2/c1-14-15(2)20-18(10-11-21(4,13-22)24-20)16(3)19(14)23-12-17-8-6-5-7-9-17/h5-9H,10-12H2,1-4H3/t21-/m0/s1. The Hall–Kier alpha value is -2.47. The Balaban J connectivity index is 1.96. The second-order valence-electron chi connectivity index (χ2n) is 6.73. The zero-order valence-electron chi connectivity index (χ0n) is 14.8. The van der Waals surface area contributed by atoms with Gasteiger partial charge >= 0.3 is 0 Å². The van der Waals surface area contributed by atoms with Crippen LogP contribution in [0.4, 0.5) is 0 Å². The molecule has 3 nitrogen and oxygen atoms in total. The highest BCUT2D eigenvalue weighted by Gasteiger charge is 2.34. The van der Waals surface area contributed by atoms with E-state index in [1.165, 1.54) is 5.56 Å². The van der Waals surface area contributed by atoms with E-state index in [4.69, 9.17) is 9.47 Å². The van der Waals surface area contributed by atoms with Gasteiger partial charge in [-0.1, -0.05) is 30.3 Å². The lowest BCUT2D eigenvalue weighted by atomic mass is 9.88. The topological polar surface area (TPSA) is 42.2 Å². The lowest BCUT2D eigenvalue weighted by Crippen LogP contribution is -2.35. The van der Waals surface area contributed by atoms with E-state index in [1.54, 1.807) is 0 Å². The summed E-state index contributed by atoms with van der Waals surface area (Å²) >= 11 is 0. The molecule has 0 spiro atoms. The summed E-state index contributed by atoms with van der Waals surface area (Å²) < 4.78 is 12.2. The molecular formula is C21H23NO2. The molecule has 0 bridgehead atoms. The van der Waals surface area contributed by atoms with Crippen LogP contribution in [-0.2, 0) is 13.0 Å². The molecule has 0 N–H and O–H groups in total. The van der Waals surface area contributed by atoms with Gasteiger partial charge in [0.1, 0.15) is 24.2 Å². The molecule has 0 aromatic heterocycles. The Bertz CT molecular complexity index is 805. The van der Waals surface area contributed by atoms with Crippen LogP contribution in [0.2, 0.25) is 0 Å². The quantitative estimate of drug-likeness (QED) is 0.815. The Kier molecular flexibility index (Phi) is 4.24. The molecule has 3 heteroatoms. The van der Waals surface area contributed by atoms with Gasteiger partial charge in [-0.15, -0.1) is 0 Å². The van der Waals surface area contributed by atoms with E-state index in [2.05, 4.69) is 32.0 Å². The van der Waals surface area contributed by atoms with Crippen molar-refractivity contribution < 1.29 is 9.47 Å². The highest BCUT2D eigenvalue weighted by Crippen LogP contribution is 2.43. The highest BCUT2D eigenvalue weighted by atomic mass is 16.5. The first-order valence-corrected chi connectivity index (χ1v) is 8.35. The van der Waals surface area contributed by atoms with Crippen molar-refractivity contribution in [3.63, 3.8) is 0 Å². The van der Waals surface area contributed by atoms with Gasteiger partial charge in [-0.25, -0.2) is 0 Å². The fourth-order valence-electron chi connectivity index (χ4n) is 3.26. The molecule has 0 amide bonds. The van der Waals surface area contributed by atoms with E-state index < -0.39 is 5.60 Å². The highest BCUT2D eigenvalue weighted by molar-refractivity contribution is 5.59. The van der Waals surface area contributed by atoms with Crippen molar-refractivity contribution in [3.8, 4) is 17.6 Å². The van der Waals surface area contributed by atoms with Gasteiger partial charge < -0.3 is 9.47 Å². The molecule has 24 heavy (non-hydrogen) atoms. The predicted molar refractivity (Wildman–Crippen MR) is 94.4 cm³/mol. The lowest BCUT2D eigenvalue weighted by Gasteiger charge is -2.33. The molecule has 3 rings (SSSR count). The van der Waals surface area contributed by atoms with E-state index in [0.717, 1.165) is 40.2 Å². The summed E-state index contributed by atoms with van der Waals surface area (Å²) in [6.45, 7) is 8.61. The lowest BCUT2D eigenvalue weighted by molar-refractivity contribution is 0.120. The number of fused-ring (bicyclic) bond motifs is 1. The number of rotatable bonds is 3. The fourth-order valence-corrected chi connectivity index (χ4v) is 3.26. The SMILES string of the molecule is Cc1c(C)c2c(c(C)c1OCc1ccccc1)CC[C@@](C)(C#N)O2. The molecule has 1 heterocycles. The number of nitriles is 1. The van der Waals surface area contributed by atoms with Crippen molar-refractivity contribution in [2.75, 3.05) is 0 Å². The first-order chi connectivity index (χ1) is 11.4. The minimum Gasteiger partial charge on any atom is -0.488 e. The van der Waals surface area contributed by atoms with Gasteiger partial charge in [0, 0.05) is 12.0 Å². The molecule has 124 valence electrons. The van der Waals surface area contributed by atoms with Crippen LogP contribution < -0.4 is 9.47 Å². The van der Waals surface area contributed by atoms with Crippen molar-refractivity contribution in [1.29, 1.82) is 5.26 Å². The zero-order chi connectivity index (χ0) is 17.3. The molecule has 1 aliphatic heterocycles. The molecular weight excluding hydrogens is 298 g/mol. The van der Waals surface area contributed by atoms with Crippen molar-refractivity contribution >= 4 is 0 Å². The first-order valence-electron chi connectivity index (χ1n) is 8.35. The number of ether oxygens (including phenoxy) is 2. The maximum absolute atomic E-state index is 9.37. The van der Waals surface area contributed by atoms with Crippen LogP contribution in [0.25, 0.3) is 0 Å². The van der Waals surface area contributed by atoms with Gasteiger partial charge in [0.2, 0.25) is 0 Å². The second kappa shape index (κ2) is 6.20. The molecule has 0 aliphatic carbocycles. The van der Waals surface area contributed by atoms with Gasteiger partial charge in [-0.3, -0.25) is 0 Å². The van der Waals surface area contributed by atoms with Crippen LogP contribution in [0.3, 0.4) is 0 Å². The molecule has 2 aromatic rings. The van der Waals surface area contributed by atoms with E-state index in [0.29, 0.717) is 13.0 Å². The van der Waals surface area contributed by atoms with E-state index in [9.17, 15) is 5.26 Å². The molecule has 0 fully saturated rings. The van der Waals surface area contributed by atoms with Gasteiger partial charge in [0.25, 0.3) is 0 Å². The van der Waals surface area contributed by atoms with Gasteiger partial charge in [0.05, 0.1) is 0 Å². The first kappa shape index (κ1) is 16.4. The summed E-state index contributed by atoms with van der Waals surface area (Å²) in [6.07, 6.45) is 1.55. The minimum absolute atomic E-state index is 0.553. The zero-order valence-corrected chi connectivity index (χ0v) is 14.8. The third-order valence-electron chi connectivity index (χ3n) is 4.95. The van der Waals surface area contributed by atoms with Crippen LogP contribution in [0.5, 0.6) is 11.5 Å². The van der Waals surface area contributed by atoms with E-state index in [-0.39, 0.29) is 0 Å². The van der Waals surface area contributed by atoms with Crippen molar-refractivity contribution in [2.24, 2.45) is 0 Å².